The molecule has 0 radical (unpaired) electrons. The third-order valence-electron chi connectivity index (χ3n) is 6.19. The molecule has 0 bridgehead atoms. The number of anilines is 1. The van der Waals surface area contributed by atoms with Crippen LogP contribution in [0.1, 0.15) is 44.4 Å². The number of hydrogen-bond acceptors (Lipinski definition) is 6. The van der Waals surface area contributed by atoms with Gasteiger partial charge in [0, 0.05) is 42.7 Å². The van der Waals surface area contributed by atoms with Crippen molar-refractivity contribution in [1.82, 2.24) is 20.6 Å². The molecule has 3 heterocycles. The predicted molar refractivity (Wildman–Crippen MR) is 127 cm³/mol. The second-order valence-electron chi connectivity index (χ2n) is 8.58. The third-order valence-corrected chi connectivity index (χ3v) is 8.29. The summed E-state index contributed by atoms with van der Waals surface area (Å²) in [5.74, 6) is -1.06. The van der Waals surface area contributed by atoms with Crippen molar-refractivity contribution in [1.29, 1.82) is 0 Å². The molecule has 1 aliphatic heterocycles. The van der Waals surface area contributed by atoms with Gasteiger partial charge in [0.15, 0.2) is 5.13 Å². The number of aromatic amines is 1. The van der Waals surface area contributed by atoms with Crippen molar-refractivity contribution < 1.29 is 19.5 Å². The first kappa shape index (κ1) is 24.4. The van der Waals surface area contributed by atoms with Gasteiger partial charge in [0.2, 0.25) is 5.91 Å². The second-order valence-corrected chi connectivity index (χ2v) is 10.3. The minimum absolute atomic E-state index is 0. The van der Waals surface area contributed by atoms with Crippen LogP contribution in [0, 0.1) is 18.8 Å². The van der Waals surface area contributed by atoms with E-state index in [4.69, 9.17) is 23.2 Å². The van der Waals surface area contributed by atoms with Gasteiger partial charge >= 0.3 is 24.8 Å². The van der Waals surface area contributed by atoms with E-state index in [1.54, 1.807) is 6.92 Å². The molecule has 4 N–H and O–H groups in total. The minimum atomic E-state index is -1.07. The number of aromatic nitrogens is 2. The normalized spacial score (nSPS) is 23.0. The fourth-order valence-corrected chi connectivity index (χ4v) is 5.62. The Morgan fingerprint density at radius 2 is 1.85 bits per heavy atom. The van der Waals surface area contributed by atoms with E-state index in [0.29, 0.717) is 34.6 Å². The fraction of sp³-hybridized carbons (Fsp3) is 0.500. The first-order valence-corrected chi connectivity index (χ1v) is 11.9. The van der Waals surface area contributed by atoms with Crippen LogP contribution < -0.4 is 15.5 Å². The summed E-state index contributed by atoms with van der Waals surface area (Å²) >= 11 is 13.3. The number of carboxylic acids is 1. The van der Waals surface area contributed by atoms with Gasteiger partial charge in [-0.2, -0.15) is 0 Å². The SMILES string of the molecule is Cc1[nH]c(C(=O)N[C@H]2[C@@H]3CN(c4nc(CC(=O)NC5CC5)c(C(=O)O)s4)C[C@@H]32)c(Cl)c1Cl.[LiH]. The summed E-state index contributed by atoms with van der Waals surface area (Å²) in [5.41, 5.74) is 1.20. The molecule has 0 aromatic carbocycles. The van der Waals surface area contributed by atoms with Crippen LogP contribution in [-0.4, -0.2) is 76.9 Å². The molecule has 2 aromatic rings. The van der Waals surface area contributed by atoms with E-state index >= 15 is 0 Å². The summed E-state index contributed by atoms with van der Waals surface area (Å²) in [6.07, 6.45) is 1.90. The number of thiazole rings is 1. The molecule has 13 heteroatoms. The zero-order valence-electron chi connectivity index (χ0n) is 17.1. The molecular formula is C20H22Cl2LiN5O4S. The van der Waals surface area contributed by atoms with Gasteiger partial charge in [0.25, 0.3) is 5.91 Å². The average molecular weight is 506 g/mol. The molecule has 2 saturated carbocycles. The number of amides is 2. The van der Waals surface area contributed by atoms with E-state index in [-0.39, 0.29) is 76.6 Å². The Labute approximate surface area is 215 Å². The van der Waals surface area contributed by atoms with Crippen LogP contribution in [0.2, 0.25) is 10.0 Å². The molecule has 0 unspecified atom stereocenters. The molecule has 3 atom stereocenters. The van der Waals surface area contributed by atoms with Crippen LogP contribution >= 0.6 is 34.5 Å². The Kier molecular flexibility index (Phi) is 6.78. The molecule has 3 aliphatic rings. The number of piperidine rings is 1. The van der Waals surface area contributed by atoms with Gasteiger partial charge in [-0.1, -0.05) is 34.5 Å². The summed E-state index contributed by atoms with van der Waals surface area (Å²) in [6, 6.07) is 0.243. The molecule has 9 nitrogen and oxygen atoms in total. The zero-order chi connectivity index (χ0) is 22.7. The Morgan fingerprint density at radius 1 is 1.18 bits per heavy atom. The number of nitrogens with one attached hydrogen (secondary N) is 3. The van der Waals surface area contributed by atoms with Crippen molar-refractivity contribution in [3.8, 4) is 0 Å². The number of aryl methyl sites for hydroxylation is 1. The standard InChI is InChI=1S/C20H21Cl2N5O4S.Li.H/c1-7-13(21)14(22)16(23-7)18(29)26-15-9-5-27(6-10(9)15)20-25-11(17(32-20)19(30)31)4-12(28)24-8-2-3-8;;/h8-10,15,23H,2-6H2,1H3,(H,24,28)(H,26,29)(H,30,31);;/t9-,10+,15+;;. The number of rotatable bonds is 7. The van der Waals surface area contributed by atoms with Gasteiger partial charge in [-0.25, -0.2) is 9.78 Å². The summed E-state index contributed by atoms with van der Waals surface area (Å²) in [5, 5.41) is 16.6. The van der Waals surface area contributed by atoms with Gasteiger partial charge in [-0.3, -0.25) is 9.59 Å². The maximum atomic E-state index is 12.6. The van der Waals surface area contributed by atoms with Crippen molar-refractivity contribution in [2.45, 2.75) is 38.3 Å². The number of halogens is 2. The average Bonchev–Trinajstić information content (AvgIpc) is 3.50. The quantitative estimate of drug-likeness (QED) is 0.425. The van der Waals surface area contributed by atoms with Crippen molar-refractivity contribution in [3.05, 3.63) is 32.0 Å². The van der Waals surface area contributed by atoms with Gasteiger partial charge in [0.1, 0.15) is 10.6 Å². The first-order chi connectivity index (χ1) is 15.2. The number of hydrogen-bond donors (Lipinski definition) is 4. The molecule has 1 saturated heterocycles. The second kappa shape index (κ2) is 9.15. The summed E-state index contributed by atoms with van der Waals surface area (Å²) in [6.45, 7) is 3.07. The first-order valence-electron chi connectivity index (χ1n) is 10.3. The third kappa shape index (κ3) is 4.77. The van der Waals surface area contributed by atoms with E-state index in [0.717, 1.165) is 24.2 Å². The molecule has 5 rings (SSSR count). The van der Waals surface area contributed by atoms with Crippen LogP contribution in [0.4, 0.5) is 5.13 Å². The van der Waals surface area contributed by atoms with Gasteiger partial charge in [0.05, 0.1) is 22.2 Å². The van der Waals surface area contributed by atoms with Crippen molar-refractivity contribution in [3.63, 3.8) is 0 Å². The predicted octanol–water partition coefficient (Wildman–Crippen LogP) is 1.82. The number of carbonyl (C=O) groups excluding carboxylic acids is 2. The van der Waals surface area contributed by atoms with E-state index < -0.39 is 5.97 Å². The van der Waals surface area contributed by atoms with Gasteiger partial charge in [-0.05, 0) is 19.8 Å². The Bertz CT molecular complexity index is 1120. The van der Waals surface area contributed by atoms with Crippen LogP contribution in [0.25, 0.3) is 0 Å². The maximum absolute atomic E-state index is 12.6. The van der Waals surface area contributed by atoms with Crippen LogP contribution in [-0.2, 0) is 11.2 Å². The number of fused-ring (bicyclic) bond motifs is 1. The molecule has 0 spiro atoms. The number of carboxylic acid groups (broad SMARTS) is 1. The van der Waals surface area contributed by atoms with Gasteiger partial charge in [-0.15, -0.1) is 0 Å². The molecule has 2 amide bonds. The number of aromatic carboxylic acids is 1. The van der Waals surface area contributed by atoms with Crippen LogP contribution in [0.15, 0.2) is 0 Å². The zero-order valence-corrected chi connectivity index (χ0v) is 19.4. The summed E-state index contributed by atoms with van der Waals surface area (Å²) in [4.78, 5) is 45.8. The monoisotopic (exact) mass is 505 g/mol. The number of carbonyl (C=O) groups is 3. The molecule has 2 aliphatic carbocycles. The van der Waals surface area contributed by atoms with E-state index in [2.05, 4.69) is 20.6 Å². The van der Waals surface area contributed by atoms with E-state index in [9.17, 15) is 19.5 Å². The molecule has 33 heavy (non-hydrogen) atoms. The topological polar surface area (TPSA) is 127 Å². The molecule has 172 valence electrons. The van der Waals surface area contributed by atoms with Gasteiger partial charge < -0.3 is 25.6 Å². The molecule has 2 aromatic heterocycles. The van der Waals surface area contributed by atoms with Crippen LogP contribution in [0.5, 0.6) is 0 Å². The fourth-order valence-electron chi connectivity index (χ4n) is 4.27. The number of nitrogens with zero attached hydrogens (tertiary/aromatic N) is 2. The van der Waals surface area contributed by atoms with Crippen molar-refractivity contribution >= 4 is 76.3 Å². The summed E-state index contributed by atoms with van der Waals surface area (Å²) < 4.78 is 0. The van der Waals surface area contributed by atoms with Crippen LogP contribution in [0.3, 0.4) is 0 Å². The Hall–Kier alpha value is -1.70. The summed E-state index contributed by atoms with van der Waals surface area (Å²) in [7, 11) is 0. The molecule has 3 fully saturated rings. The van der Waals surface area contributed by atoms with Crippen molar-refractivity contribution in [2.24, 2.45) is 11.8 Å². The van der Waals surface area contributed by atoms with Crippen molar-refractivity contribution in [2.75, 3.05) is 18.0 Å². The van der Waals surface area contributed by atoms with E-state index in [1.807, 2.05) is 4.90 Å². The Morgan fingerprint density at radius 3 is 2.39 bits per heavy atom. The number of H-pyrrole nitrogens is 1. The Balaban J connectivity index is 0.00000259. The van der Waals surface area contributed by atoms with E-state index in [1.165, 1.54) is 0 Å². The molecular weight excluding hydrogens is 484 g/mol.